The third kappa shape index (κ3) is 4.52. The molecule has 0 aliphatic heterocycles. The molecular formula is C13H21ClN2. The van der Waals surface area contributed by atoms with Crippen LogP contribution in [0.3, 0.4) is 0 Å². The fraction of sp³-hybridized carbons (Fsp3) is 0.538. The van der Waals surface area contributed by atoms with Crippen LogP contribution in [-0.2, 0) is 6.54 Å². The number of hydrogen-bond donors (Lipinski definition) is 1. The molecule has 0 radical (unpaired) electrons. The minimum Gasteiger partial charge on any atom is -0.311 e. The Kier molecular flexibility index (Phi) is 6.46. The molecule has 3 heteroatoms. The zero-order valence-electron chi connectivity index (χ0n) is 10.2. The summed E-state index contributed by atoms with van der Waals surface area (Å²) in [6.45, 7) is 9.56. The van der Waals surface area contributed by atoms with E-state index in [4.69, 9.17) is 11.6 Å². The van der Waals surface area contributed by atoms with Gasteiger partial charge in [-0.3, -0.25) is 0 Å². The number of nitrogens with zero attached hydrogens (tertiary/aromatic N) is 1. The van der Waals surface area contributed by atoms with Crippen molar-refractivity contribution in [3.05, 3.63) is 34.9 Å². The van der Waals surface area contributed by atoms with Crippen molar-refractivity contribution in [2.24, 2.45) is 0 Å². The van der Waals surface area contributed by atoms with E-state index in [1.807, 2.05) is 18.2 Å². The highest BCUT2D eigenvalue weighted by molar-refractivity contribution is 6.31. The van der Waals surface area contributed by atoms with Crippen molar-refractivity contribution >= 4 is 11.6 Å². The van der Waals surface area contributed by atoms with Crippen LogP contribution in [0.25, 0.3) is 0 Å². The largest absolute Gasteiger partial charge is 0.311 e. The first kappa shape index (κ1) is 13.5. The molecule has 0 fully saturated rings. The highest BCUT2D eigenvalue weighted by Crippen LogP contribution is 2.13. The number of hydrogen-bond acceptors (Lipinski definition) is 2. The highest BCUT2D eigenvalue weighted by atomic mass is 35.5. The smallest absolute Gasteiger partial charge is 0.0450 e. The first-order valence-electron chi connectivity index (χ1n) is 5.94. The van der Waals surface area contributed by atoms with Crippen LogP contribution in [0, 0.1) is 0 Å². The normalized spacial score (nSPS) is 11.0. The van der Waals surface area contributed by atoms with Crippen LogP contribution in [0.5, 0.6) is 0 Å². The molecule has 0 spiro atoms. The third-order valence-corrected chi connectivity index (χ3v) is 3.14. The van der Waals surface area contributed by atoms with E-state index in [2.05, 4.69) is 30.1 Å². The van der Waals surface area contributed by atoms with Gasteiger partial charge in [0.15, 0.2) is 0 Å². The molecular weight excluding hydrogens is 220 g/mol. The predicted molar refractivity (Wildman–Crippen MR) is 70.9 cm³/mol. The van der Waals surface area contributed by atoms with Gasteiger partial charge in [-0.2, -0.15) is 0 Å². The van der Waals surface area contributed by atoms with Gasteiger partial charge in [0.2, 0.25) is 0 Å². The van der Waals surface area contributed by atoms with Gasteiger partial charge in [-0.05, 0) is 24.7 Å². The summed E-state index contributed by atoms with van der Waals surface area (Å²) in [5, 5.41) is 4.26. The highest BCUT2D eigenvalue weighted by Gasteiger charge is 2.00. The van der Waals surface area contributed by atoms with Crippen LogP contribution in [0.15, 0.2) is 24.3 Å². The Hall–Kier alpha value is -0.570. The molecule has 0 aliphatic carbocycles. The van der Waals surface area contributed by atoms with Crippen LogP contribution in [-0.4, -0.2) is 31.1 Å². The van der Waals surface area contributed by atoms with E-state index in [1.165, 1.54) is 5.56 Å². The van der Waals surface area contributed by atoms with E-state index < -0.39 is 0 Å². The molecule has 1 aromatic carbocycles. The van der Waals surface area contributed by atoms with Crippen molar-refractivity contribution in [2.75, 3.05) is 26.2 Å². The van der Waals surface area contributed by atoms with E-state index in [0.717, 1.165) is 37.7 Å². The van der Waals surface area contributed by atoms with Crippen molar-refractivity contribution in [3.8, 4) is 0 Å². The van der Waals surface area contributed by atoms with Gasteiger partial charge in [0.05, 0.1) is 0 Å². The predicted octanol–water partition coefficient (Wildman–Crippen LogP) is 2.77. The number of likely N-dealkylation sites (N-methyl/N-ethyl adjacent to an activating group) is 1. The van der Waals surface area contributed by atoms with Gasteiger partial charge >= 0.3 is 0 Å². The molecule has 1 rings (SSSR count). The van der Waals surface area contributed by atoms with E-state index in [0.29, 0.717) is 0 Å². The minimum absolute atomic E-state index is 0.845. The average molecular weight is 241 g/mol. The average Bonchev–Trinajstić information content (AvgIpc) is 2.31. The molecule has 0 bridgehead atoms. The third-order valence-electron chi connectivity index (χ3n) is 2.77. The lowest BCUT2D eigenvalue weighted by Crippen LogP contribution is -2.31. The molecule has 0 amide bonds. The second-order valence-corrected chi connectivity index (χ2v) is 4.20. The van der Waals surface area contributed by atoms with E-state index in [9.17, 15) is 0 Å². The van der Waals surface area contributed by atoms with Gasteiger partial charge in [-0.25, -0.2) is 0 Å². The Labute approximate surface area is 104 Å². The standard InChI is InChI=1S/C13H21ClN2/c1-3-16(4-2)10-9-15-11-12-7-5-6-8-13(12)14/h5-8,15H,3-4,9-11H2,1-2H3. The fourth-order valence-electron chi connectivity index (χ4n) is 1.64. The maximum absolute atomic E-state index is 6.07. The summed E-state index contributed by atoms with van der Waals surface area (Å²) in [6.07, 6.45) is 0. The van der Waals surface area contributed by atoms with Crippen molar-refractivity contribution < 1.29 is 0 Å². The summed E-state index contributed by atoms with van der Waals surface area (Å²) in [7, 11) is 0. The van der Waals surface area contributed by atoms with Gasteiger partial charge in [0, 0.05) is 24.7 Å². The number of halogens is 1. The molecule has 0 saturated heterocycles. The molecule has 0 heterocycles. The second-order valence-electron chi connectivity index (χ2n) is 3.80. The molecule has 0 saturated carbocycles. The van der Waals surface area contributed by atoms with Crippen molar-refractivity contribution in [2.45, 2.75) is 20.4 Å². The van der Waals surface area contributed by atoms with E-state index >= 15 is 0 Å². The molecule has 1 aromatic rings. The van der Waals surface area contributed by atoms with E-state index in [-0.39, 0.29) is 0 Å². The van der Waals surface area contributed by atoms with Crippen LogP contribution < -0.4 is 5.32 Å². The van der Waals surface area contributed by atoms with Crippen molar-refractivity contribution in [1.82, 2.24) is 10.2 Å². The number of nitrogens with one attached hydrogen (secondary N) is 1. The maximum atomic E-state index is 6.07. The number of benzene rings is 1. The lowest BCUT2D eigenvalue weighted by Gasteiger charge is -2.18. The quantitative estimate of drug-likeness (QED) is 0.738. The van der Waals surface area contributed by atoms with Crippen LogP contribution in [0.2, 0.25) is 5.02 Å². The minimum atomic E-state index is 0.845. The number of rotatable bonds is 7. The lowest BCUT2D eigenvalue weighted by atomic mass is 10.2. The molecule has 0 aliphatic rings. The molecule has 0 atom stereocenters. The van der Waals surface area contributed by atoms with Crippen molar-refractivity contribution in [3.63, 3.8) is 0 Å². The Morgan fingerprint density at radius 3 is 2.50 bits per heavy atom. The van der Waals surface area contributed by atoms with Gasteiger partial charge in [-0.1, -0.05) is 43.6 Å². The Balaban J connectivity index is 2.23. The molecule has 0 unspecified atom stereocenters. The monoisotopic (exact) mass is 240 g/mol. The maximum Gasteiger partial charge on any atom is 0.0450 e. The fourth-order valence-corrected chi connectivity index (χ4v) is 1.84. The zero-order valence-corrected chi connectivity index (χ0v) is 10.9. The van der Waals surface area contributed by atoms with Gasteiger partial charge in [-0.15, -0.1) is 0 Å². The summed E-state index contributed by atoms with van der Waals surface area (Å²) in [5.74, 6) is 0. The summed E-state index contributed by atoms with van der Waals surface area (Å²) in [6, 6.07) is 7.98. The first-order chi connectivity index (χ1) is 7.77. The van der Waals surface area contributed by atoms with E-state index in [1.54, 1.807) is 0 Å². The molecule has 16 heavy (non-hydrogen) atoms. The van der Waals surface area contributed by atoms with Crippen LogP contribution in [0.1, 0.15) is 19.4 Å². The SMILES string of the molecule is CCN(CC)CCNCc1ccccc1Cl. The Bertz CT molecular complexity index is 298. The molecule has 2 nitrogen and oxygen atoms in total. The van der Waals surface area contributed by atoms with Crippen LogP contribution in [0.4, 0.5) is 0 Å². The Morgan fingerprint density at radius 1 is 1.19 bits per heavy atom. The summed E-state index contributed by atoms with van der Waals surface area (Å²) >= 11 is 6.07. The van der Waals surface area contributed by atoms with Gasteiger partial charge in [0.1, 0.15) is 0 Å². The summed E-state index contributed by atoms with van der Waals surface area (Å²) < 4.78 is 0. The van der Waals surface area contributed by atoms with Crippen LogP contribution >= 0.6 is 11.6 Å². The molecule has 0 aromatic heterocycles. The second kappa shape index (κ2) is 7.66. The molecule has 1 N–H and O–H groups in total. The summed E-state index contributed by atoms with van der Waals surface area (Å²) in [4.78, 5) is 2.40. The summed E-state index contributed by atoms with van der Waals surface area (Å²) in [5.41, 5.74) is 1.17. The van der Waals surface area contributed by atoms with Gasteiger partial charge in [0.25, 0.3) is 0 Å². The molecule has 90 valence electrons. The van der Waals surface area contributed by atoms with Gasteiger partial charge < -0.3 is 10.2 Å². The lowest BCUT2D eigenvalue weighted by molar-refractivity contribution is 0.302. The van der Waals surface area contributed by atoms with Crippen molar-refractivity contribution in [1.29, 1.82) is 0 Å². The first-order valence-corrected chi connectivity index (χ1v) is 6.32. The zero-order chi connectivity index (χ0) is 11.8. The topological polar surface area (TPSA) is 15.3 Å². The Morgan fingerprint density at radius 2 is 1.88 bits per heavy atom.